The van der Waals surface area contributed by atoms with Crippen LogP contribution in [0.4, 0.5) is 5.69 Å². The lowest BCUT2D eigenvalue weighted by Gasteiger charge is -2.31. The molecule has 0 radical (unpaired) electrons. The second-order valence-corrected chi connectivity index (χ2v) is 9.24. The summed E-state index contributed by atoms with van der Waals surface area (Å²) in [7, 11) is 0. The summed E-state index contributed by atoms with van der Waals surface area (Å²) in [5, 5.41) is 13.6. The van der Waals surface area contributed by atoms with Gasteiger partial charge in [0, 0.05) is 32.6 Å². The normalized spacial score (nSPS) is 22.1. The van der Waals surface area contributed by atoms with Gasteiger partial charge < -0.3 is 15.3 Å². The van der Waals surface area contributed by atoms with Crippen molar-refractivity contribution >= 4 is 45.7 Å². The number of carbonyl (C=O) groups is 1. The number of halogens is 2. The van der Waals surface area contributed by atoms with E-state index in [1.165, 1.54) is 13.1 Å². The second-order valence-electron chi connectivity index (χ2n) is 8.43. The highest BCUT2D eigenvalue weighted by Crippen LogP contribution is 2.37. The molecule has 2 heterocycles. The number of fused-ring (bicyclic) bond motifs is 1. The fraction of sp³-hybridized carbons (Fsp3) is 0.400. The molecule has 1 aliphatic rings. The second kappa shape index (κ2) is 9.84. The number of phenols is 1. The van der Waals surface area contributed by atoms with Crippen molar-refractivity contribution in [1.29, 1.82) is 0 Å². The number of hydrogen-bond donors (Lipinski definition) is 2. The van der Waals surface area contributed by atoms with E-state index in [-0.39, 0.29) is 40.1 Å². The smallest absolute Gasteiger partial charge is 0.163 e. The molecule has 2 N–H and O–H groups in total. The lowest BCUT2D eigenvalue weighted by molar-refractivity contribution is 0.101. The van der Waals surface area contributed by atoms with E-state index in [1.807, 2.05) is 0 Å². The average Bonchev–Trinajstić information content (AvgIpc) is 2.84. The molecule has 0 bridgehead atoms. The summed E-state index contributed by atoms with van der Waals surface area (Å²) in [5.41, 5.74) is 3.08. The topological polar surface area (TPSA) is 78.4 Å². The van der Waals surface area contributed by atoms with Crippen molar-refractivity contribution < 1.29 is 18.1 Å². The van der Waals surface area contributed by atoms with Crippen LogP contribution < -0.4 is 5.32 Å². The van der Waals surface area contributed by atoms with E-state index in [4.69, 9.17) is 36.4 Å². The molecule has 6 nitrogen and oxygen atoms in total. The molecule has 174 valence electrons. The van der Waals surface area contributed by atoms with Crippen molar-refractivity contribution in [1.82, 2.24) is 14.9 Å². The number of benzene rings is 1. The zero-order valence-corrected chi connectivity index (χ0v) is 19.5. The molecule has 1 saturated carbocycles. The van der Waals surface area contributed by atoms with Gasteiger partial charge in [-0.05, 0) is 76.7 Å². The van der Waals surface area contributed by atoms with E-state index < -0.39 is 14.0 Å². The Balaban J connectivity index is 1.60. The number of nitrogens with one attached hydrogen (secondary N) is 1. The van der Waals surface area contributed by atoms with Gasteiger partial charge in [0.1, 0.15) is 5.52 Å². The molecule has 0 aliphatic heterocycles. The van der Waals surface area contributed by atoms with Crippen LogP contribution in [0.5, 0.6) is 5.75 Å². The van der Waals surface area contributed by atoms with Crippen LogP contribution in [0.3, 0.4) is 0 Å². The third-order valence-electron chi connectivity index (χ3n) is 6.04. The maximum Gasteiger partial charge on any atom is 0.163 e. The van der Waals surface area contributed by atoms with Gasteiger partial charge >= 0.3 is 0 Å². The minimum absolute atomic E-state index is 0.0399. The molecule has 1 fully saturated rings. The molecular weight excluding hydrogens is 459 g/mol. The predicted octanol–water partition coefficient (Wildman–Crippen LogP) is 6.04. The molecule has 4 rings (SSSR count). The Kier molecular flexibility index (Phi) is 5.09. The molecule has 0 atom stereocenters. The van der Waals surface area contributed by atoms with Crippen LogP contribution in [-0.2, 0) is 0 Å². The van der Waals surface area contributed by atoms with Gasteiger partial charge in [0.2, 0.25) is 0 Å². The number of Topliss-reactive ketones (excluding diaryl/α,β-unsaturated/α-hetero) is 1. The largest absolute Gasteiger partial charge is 0.505 e. The first-order valence-corrected chi connectivity index (χ1v) is 11.4. The standard InChI is InChI=1S/C25H28Cl2N4O2/c1-14(32)18-12-28-22-9-8-21(16-10-19(26)25(33)20(27)11-16)30-24(22)23(18)29-17-6-4-15(5-7-17)13-31(2)3/h8-12,15,17,33H,4-7,13H2,1-3H3,(H,28,29)/t15-,17-/i2D3,3D3. The molecule has 33 heavy (non-hydrogen) atoms. The van der Waals surface area contributed by atoms with Crippen LogP contribution in [-0.4, -0.2) is 52.3 Å². The zero-order chi connectivity index (χ0) is 28.7. The Labute approximate surface area is 212 Å². The molecule has 1 aromatic carbocycles. The molecular formula is C25H28Cl2N4O2. The van der Waals surface area contributed by atoms with E-state index in [9.17, 15) is 9.90 Å². The van der Waals surface area contributed by atoms with E-state index in [0.717, 1.165) is 0 Å². The maximum absolute atomic E-state index is 12.5. The first-order valence-electron chi connectivity index (χ1n) is 13.7. The molecule has 0 unspecified atom stereocenters. The fourth-order valence-corrected chi connectivity index (χ4v) is 4.79. The predicted molar refractivity (Wildman–Crippen MR) is 135 cm³/mol. The number of nitrogens with zero attached hydrogens (tertiary/aromatic N) is 3. The van der Waals surface area contributed by atoms with Crippen LogP contribution >= 0.6 is 23.2 Å². The summed E-state index contributed by atoms with van der Waals surface area (Å²) in [4.78, 5) is 22.3. The Morgan fingerprint density at radius 3 is 2.55 bits per heavy atom. The number of aromatic nitrogens is 2. The Morgan fingerprint density at radius 2 is 1.91 bits per heavy atom. The third kappa shape index (κ3) is 5.24. The van der Waals surface area contributed by atoms with Gasteiger partial charge in [-0.25, -0.2) is 4.98 Å². The molecule has 0 amide bonds. The Bertz CT molecular complexity index is 1350. The molecule has 0 spiro atoms. The van der Waals surface area contributed by atoms with Crippen LogP contribution in [0.25, 0.3) is 22.3 Å². The number of ketones is 1. The highest BCUT2D eigenvalue weighted by Gasteiger charge is 2.24. The van der Waals surface area contributed by atoms with Crippen LogP contribution in [0.1, 0.15) is 51.2 Å². The minimum Gasteiger partial charge on any atom is -0.505 e. The monoisotopic (exact) mass is 492 g/mol. The third-order valence-corrected chi connectivity index (χ3v) is 6.62. The van der Waals surface area contributed by atoms with Crippen molar-refractivity contribution in [2.75, 3.05) is 25.8 Å². The summed E-state index contributed by atoms with van der Waals surface area (Å²) in [6.07, 6.45) is 4.08. The number of carbonyl (C=O) groups excluding carboxylic acids is 1. The van der Waals surface area contributed by atoms with Crippen molar-refractivity contribution in [3.8, 4) is 17.0 Å². The Morgan fingerprint density at radius 1 is 1.21 bits per heavy atom. The minimum atomic E-state index is -2.71. The molecule has 3 aromatic rings. The lowest BCUT2D eigenvalue weighted by atomic mass is 9.85. The maximum atomic E-state index is 12.5. The summed E-state index contributed by atoms with van der Waals surface area (Å²) in [6, 6.07) is 6.58. The number of anilines is 1. The van der Waals surface area contributed by atoms with Crippen molar-refractivity contribution in [2.45, 2.75) is 38.6 Å². The molecule has 8 heteroatoms. The van der Waals surface area contributed by atoms with Crippen LogP contribution in [0.2, 0.25) is 10.0 Å². The SMILES string of the molecule is [2H]C([2H])([2H])N(C[C@H]1CC[C@H](Nc2c(C(C)=O)cnc3ccc(-c4cc(Cl)c(O)c(Cl)c4)nc23)CC1)C([2H])([2H])[2H]. The van der Waals surface area contributed by atoms with Crippen LogP contribution in [0.15, 0.2) is 30.5 Å². The van der Waals surface area contributed by atoms with E-state index >= 15 is 0 Å². The first kappa shape index (κ1) is 17.1. The number of phenolic OH excluding ortho intramolecular Hbond substituents is 1. The van der Waals surface area contributed by atoms with Gasteiger partial charge in [-0.3, -0.25) is 9.78 Å². The van der Waals surface area contributed by atoms with Crippen LogP contribution in [0, 0.1) is 5.92 Å². The summed E-state index contributed by atoms with van der Waals surface area (Å²) >= 11 is 12.2. The summed E-state index contributed by atoms with van der Waals surface area (Å²) < 4.78 is 45.7. The van der Waals surface area contributed by atoms with E-state index in [0.29, 0.717) is 64.1 Å². The van der Waals surface area contributed by atoms with Gasteiger partial charge in [-0.15, -0.1) is 0 Å². The van der Waals surface area contributed by atoms with Crippen molar-refractivity contribution in [2.24, 2.45) is 5.92 Å². The van der Waals surface area contributed by atoms with E-state index in [1.54, 1.807) is 24.3 Å². The highest BCUT2D eigenvalue weighted by molar-refractivity contribution is 6.37. The number of pyridine rings is 2. The summed E-state index contributed by atoms with van der Waals surface area (Å²) in [6.45, 7) is -4.00. The molecule has 2 aromatic heterocycles. The molecule has 1 aliphatic carbocycles. The van der Waals surface area contributed by atoms with Crippen molar-refractivity contribution in [3.05, 3.63) is 46.1 Å². The van der Waals surface area contributed by atoms with Gasteiger partial charge in [-0.1, -0.05) is 23.2 Å². The lowest BCUT2D eigenvalue weighted by Crippen LogP contribution is -2.31. The molecule has 0 saturated heterocycles. The van der Waals surface area contributed by atoms with Gasteiger partial charge in [0.25, 0.3) is 0 Å². The van der Waals surface area contributed by atoms with Gasteiger partial charge in [0.15, 0.2) is 11.5 Å². The number of hydrogen-bond acceptors (Lipinski definition) is 6. The number of aromatic hydroxyl groups is 1. The van der Waals surface area contributed by atoms with Crippen molar-refractivity contribution in [3.63, 3.8) is 0 Å². The number of rotatable bonds is 6. The quantitative estimate of drug-likeness (QED) is 0.408. The Hall–Kier alpha value is -2.41. The zero-order valence-electron chi connectivity index (χ0n) is 24.0. The summed E-state index contributed by atoms with van der Waals surface area (Å²) in [5.74, 6) is -0.490. The highest BCUT2D eigenvalue weighted by atomic mass is 35.5. The average molecular weight is 493 g/mol. The first-order chi connectivity index (χ1) is 18.1. The van der Waals surface area contributed by atoms with E-state index in [2.05, 4.69) is 10.3 Å². The van der Waals surface area contributed by atoms with Gasteiger partial charge in [0.05, 0.1) is 32.5 Å². The fourth-order valence-electron chi connectivity index (χ4n) is 4.31. The van der Waals surface area contributed by atoms with Gasteiger partial charge in [-0.2, -0.15) is 0 Å².